The van der Waals surface area contributed by atoms with Crippen molar-refractivity contribution in [2.24, 2.45) is 0 Å². The van der Waals surface area contributed by atoms with Crippen LogP contribution in [0.5, 0.6) is 5.75 Å². The normalized spacial score (nSPS) is 11.3. The van der Waals surface area contributed by atoms with E-state index >= 15 is 0 Å². The first-order chi connectivity index (χ1) is 10.8. The number of carbonyl (C=O) groups excluding carboxylic acids is 1. The summed E-state index contributed by atoms with van der Waals surface area (Å²) >= 11 is 1.20. The number of hydrogen-bond acceptors (Lipinski definition) is 4. The summed E-state index contributed by atoms with van der Waals surface area (Å²) in [6.45, 7) is 3.88. The van der Waals surface area contributed by atoms with Crippen LogP contribution in [-0.2, 0) is 12.6 Å². The Morgan fingerprint density at radius 2 is 2.09 bits per heavy atom. The van der Waals surface area contributed by atoms with E-state index < -0.39 is 17.6 Å². The number of nitrogens with zero attached hydrogens (tertiary/aromatic N) is 1. The molecule has 1 aromatic carbocycles. The van der Waals surface area contributed by atoms with E-state index in [9.17, 15) is 18.0 Å². The molecule has 0 bridgehead atoms. The molecule has 1 amide bonds. The molecule has 0 fully saturated rings. The van der Waals surface area contributed by atoms with Crippen LogP contribution < -0.4 is 10.1 Å². The number of aromatic nitrogens is 1. The molecule has 4 nitrogen and oxygen atoms in total. The fraction of sp³-hybridized carbons (Fsp3) is 0.333. The molecule has 0 aliphatic heterocycles. The summed E-state index contributed by atoms with van der Waals surface area (Å²) in [6.07, 6.45) is -2.40. The van der Waals surface area contributed by atoms with E-state index in [1.807, 2.05) is 6.92 Å². The molecular formula is C15H15F3N2O2S. The van der Waals surface area contributed by atoms with Crippen molar-refractivity contribution < 1.29 is 22.7 Å². The number of carbonyl (C=O) groups is 1. The second-order valence-corrected chi connectivity index (χ2v) is 5.68. The Hall–Kier alpha value is -2.09. The number of anilines is 1. The molecule has 0 saturated heterocycles. The van der Waals surface area contributed by atoms with Crippen LogP contribution in [0.25, 0.3) is 0 Å². The van der Waals surface area contributed by atoms with Gasteiger partial charge in [-0.05, 0) is 31.5 Å². The van der Waals surface area contributed by atoms with Crippen molar-refractivity contribution in [3.05, 3.63) is 39.8 Å². The average Bonchev–Trinajstić information content (AvgIpc) is 2.97. The number of halogens is 3. The van der Waals surface area contributed by atoms with Gasteiger partial charge >= 0.3 is 6.18 Å². The van der Waals surface area contributed by atoms with Gasteiger partial charge in [-0.2, -0.15) is 13.2 Å². The smallest absolute Gasteiger partial charge is 0.416 e. The lowest BCUT2D eigenvalue weighted by Gasteiger charge is -2.14. The molecule has 0 aliphatic carbocycles. The Morgan fingerprint density at radius 3 is 2.65 bits per heavy atom. The number of amides is 1. The zero-order chi connectivity index (χ0) is 17.0. The second kappa shape index (κ2) is 6.99. The van der Waals surface area contributed by atoms with E-state index in [4.69, 9.17) is 4.74 Å². The third-order valence-electron chi connectivity index (χ3n) is 2.93. The molecule has 1 N–H and O–H groups in total. The average molecular weight is 344 g/mol. The Bertz CT molecular complexity index is 698. The lowest BCUT2D eigenvalue weighted by Crippen LogP contribution is -2.13. The van der Waals surface area contributed by atoms with Gasteiger partial charge in [-0.1, -0.05) is 6.92 Å². The first kappa shape index (κ1) is 17.3. The van der Waals surface area contributed by atoms with Crippen molar-refractivity contribution in [1.82, 2.24) is 4.98 Å². The second-order valence-electron chi connectivity index (χ2n) is 4.57. The van der Waals surface area contributed by atoms with Gasteiger partial charge in [0.1, 0.15) is 10.6 Å². The maximum Gasteiger partial charge on any atom is 0.416 e. The van der Waals surface area contributed by atoms with Gasteiger partial charge in [0.25, 0.3) is 5.91 Å². The highest BCUT2D eigenvalue weighted by molar-refractivity contribution is 7.13. The molecule has 0 saturated carbocycles. The van der Waals surface area contributed by atoms with Gasteiger partial charge in [-0.3, -0.25) is 4.79 Å². The minimum Gasteiger partial charge on any atom is -0.492 e. The number of alkyl halides is 3. The zero-order valence-corrected chi connectivity index (χ0v) is 13.3. The Balaban J connectivity index is 2.30. The molecule has 23 heavy (non-hydrogen) atoms. The van der Waals surface area contributed by atoms with Crippen molar-refractivity contribution in [3.8, 4) is 5.75 Å². The number of nitrogens with one attached hydrogen (secondary N) is 1. The van der Waals surface area contributed by atoms with Gasteiger partial charge in [0, 0.05) is 0 Å². The summed E-state index contributed by atoms with van der Waals surface area (Å²) in [7, 11) is 0. The number of thiazole rings is 1. The van der Waals surface area contributed by atoms with Crippen LogP contribution in [0.4, 0.5) is 18.9 Å². The van der Waals surface area contributed by atoms with Crippen LogP contribution >= 0.6 is 11.3 Å². The van der Waals surface area contributed by atoms with Crippen molar-refractivity contribution in [1.29, 1.82) is 0 Å². The van der Waals surface area contributed by atoms with E-state index in [-0.39, 0.29) is 18.0 Å². The SMILES string of the molecule is CCOc1ccc(C(F)(F)F)cc1NC(=O)c1cnc(CC)s1. The van der Waals surface area contributed by atoms with Crippen LogP contribution in [-0.4, -0.2) is 17.5 Å². The minimum atomic E-state index is -4.50. The highest BCUT2D eigenvalue weighted by atomic mass is 32.1. The molecule has 0 radical (unpaired) electrons. The van der Waals surface area contributed by atoms with Crippen molar-refractivity contribution in [3.63, 3.8) is 0 Å². The topological polar surface area (TPSA) is 51.2 Å². The van der Waals surface area contributed by atoms with E-state index in [2.05, 4.69) is 10.3 Å². The van der Waals surface area contributed by atoms with E-state index in [1.165, 1.54) is 23.6 Å². The lowest BCUT2D eigenvalue weighted by atomic mass is 10.1. The first-order valence-electron chi connectivity index (χ1n) is 6.95. The Morgan fingerprint density at radius 1 is 1.35 bits per heavy atom. The molecule has 0 spiro atoms. The highest BCUT2D eigenvalue weighted by Crippen LogP contribution is 2.35. The van der Waals surface area contributed by atoms with Crippen molar-refractivity contribution >= 4 is 22.9 Å². The number of ether oxygens (including phenoxy) is 1. The molecule has 124 valence electrons. The van der Waals surface area contributed by atoms with Crippen molar-refractivity contribution in [2.75, 3.05) is 11.9 Å². The van der Waals surface area contributed by atoms with E-state index in [0.29, 0.717) is 11.3 Å². The monoisotopic (exact) mass is 344 g/mol. The largest absolute Gasteiger partial charge is 0.492 e. The first-order valence-corrected chi connectivity index (χ1v) is 7.76. The van der Waals surface area contributed by atoms with Gasteiger partial charge in [-0.25, -0.2) is 4.98 Å². The van der Waals surface area contributed by atoms with E-state index in [0.717, 1.165) is 17.1 Å². The van der Waals surface area contributed by atoms with E-state index in [1.54, 1.807) is 6.92 Å². The molecule has 2 aromatic rings. The van der Waals surface area contributed by atoms with Gasteiger partial charge < -0.3 is 10.1 Å². The predicted molar refractivity (Wildman–Crippen MR) is 82.1 cm³/mol. The Kier molecular flexibility index (Phi) is 5.25. The highest BCUT2D eigenvalue weighted by Gasteiger charge is 2.31. The van der Waals surface area contributed by atoms with Crippen LogP contribution in [0.3, 0.4) is 0 Å². The zero-order valence-electron chi connectivity index (χ0n) is 12.5. The number of benzene rings is 1. The number of rotatable bonds is 5. The predicted octanol–water partition coefficient (Wildman–Crippen LogP) is 4.38. The lowest BCUT2D eigenvalue weighted by molar-refractivity contribution is -0.137. The fourth-order valence-corrected chi connectivity index (χ4v) is 2.60. The van der Waals surface area contributed by atoms with Crippen LogP contribution in [0.15, 0.2) is 24.4 Å². The molecule has 2 rings (SSSR count). The molecule has 0 unspecified atom stereocenters. The maximum absolute atomic E-state index is 12.8. The minimum absolute atomic E-state index is 0.0156. The molecule has 1 heterocycles. The van der Waals surface area contributed by atoms with Gasteiger partial charge in [0.15, 0.2) is 0 Å². The summed E-state index contributed by atoms with van der Waals surface area (Å²) in [4.78, 5) is 16.6. The number of aryl methyl sites for hydroxylation is 1. The standard InChI is InChI=1S/C15H15F3N2O2S/c1-3-13-19-8-12(23-13)14(21)20-10-7-9(15(16,17)18)5-6-11(10)22-4-2/h5-8H,3-4H2,1-2H3,(H,20,21). The van der Waals surface area contributed by atoms with Crippen LogP contribution in [0, 0.1) is 0 Å². The fourth-order valence-electron chi connectivity index (χ4n) is 1.85. The van der Waals surface area contributed by atoms with Crippen molar-refractivity contribution in [2.45, 2.75) is 26.4 Å². The summed E-state index contributed by atoms with van der Waals surface area (Å²) in [5.41, 5.74) is -0.868. The summed E-state index contributed by atoms with van der Waals surface area (Å²) in [5.74, 6) is -0.323. The summed E-state index contributed by atoms with van der Waals surface area (Å²) in [5, 5.41) is 3.25. The number of hydrogen-bond donors (Lipinski definition) is 1. The molecular weight excluding hydrogens is 329 g/mol. The summed E-state index contributed by atoms with van der Waals surface area (Å²) < 4.78 is 43.8. The molecule has 0 aliphatic rings. The molecule has 0 atom stereocenters. The van der Waals surface area contributed by atoms with Gasteiger partial charge in [0.05, 0.1) is 29.1 Å². The molecule has 8 heteroatoms. The quantitative estimate of drug-likeness (QED) is 0.876. The summed E-state index contributed by atoms with van der Waals surface area (Å²) in [6, 6.07) is 2.99. The van der Waals surface area contributed by atoms with Gasteiger partial charge in [0.2, 0.25) is 0 Å². The third-order valence-corrected chi connectivity index (χ3v) is 4.08. The van der Waals surface area contributed by atoms with Crippen LogP contribution in [0.2, 0.25) is 0 Å². The van der Waals surface area contributed by atoms with Gasteiger partial charge in [-0.15, -0.1) is 11.3 Å². The van der Waals surface area contributed by atoms with Crippen LogP contribution in [0.1, 0.15) is 34.1 Å². The maximum atomic E-state index is 12.8. The Labute approximate surface area is 135 Å². The third kappa shape index (κ3) is 4.22. The molecule has 1 aromatic heterocycles.